The minimum absolute atomic E-state index is 0.266. The molecule has 0 radical (unpaired) electrons. The van der Waals surface area contributed by atoms with Gasteiger partial charge < -0.3 is 4.74 Å². The van der Waals surface area contributed by atoms with Gasteiger partial charge in [-0.25, -0.2) is 8.42 Å². The molecule has 0 spiro atoms. The molecule has 0 aliphatic carbocycles. The van der Waals surface area contributed by atoms with Crippen LogP contribution in [0.25, 0.3) is 0 Å². The molecule has 0 aliphatic heterocycles. The predicted octanol–water partition coefficient (Wildman–Crippen LogP) is 3.28. The van der Waals surface area contributed by atoms with Crippen molar-refractivity contribution in [3.8, 4) is 5.75 Å². The lowest BCUT2D eigenvalue weighted by molar-refractivity contribution is 0.375. The van der Waals surface area contributed by atoms with Crippen LogP contribution >= 0.6 is 0 Å². The molecular formula is C14H22O3S. The Morgan fingerprint density at radius 3 is 2.28 bits per heavy atom. The van der Waals surface area contributed by atoms with Gasteiger partial charge in [0.15, 0.2) is 15.8 Å². The summed E-state index contributed by atoms with van der Waals surface area (Å²) in [5.74, 6) is 0.945. The molecule has 0 fully saturated rings. The quantitative estimate of drug-likeness (QED) is 0.796. The van der Waals surface area contributed by atoms with E-state index in [1.54, 1.807) is 0 Å². The first kappa shape index (κ1) is 15.0. The van der Waals surface area contributed by atoms with Crippen molar-refractivity contribution in [2.45, 2.75) is 39.5 Å². The molecule has 1 aromatic carbocycles. The summed E-state index contributed by atoms with van der Waals surface area (Å²) >= 11 is 0. The first-order valence-electron chi connectivity index (χ1n) is 6.28. The smallest absolute Gasteiger partial charge is 0.188 e. The molecule has 4 heteroatoms. The topological polar surface area (TPSA) is 43.4 Å². The van der Waals surface area contributed by atoms with E-state index in [2.05, 4.69) is 19.9 Å². The largest absolute Gasteiger partial charge is 0.478 e. The SMILES string of the molecule is CCC(CC)c1ccc(OCS(C)(=O)=O)c(C)c1. The minimum atomic E-state index is -3.10. The molecule has 0 saturated carbocycles. The van der Waals surface area contributed by atoms with Gasteiger partial charge in [0, 0.05) is 6.26 Å². The Balaban J connectivity index is 2.86. The number of ether oxygens (including phenoxy) is 1. The van der Waals surface area contributed by atoms with Crippen LogP contribution in [0.2, 0.25) is 0 Å². The number of hydrogen-bond acceptors (Lipinski definition) is 3. The summed E-state index contributed by atoms with van der Waals surface area (Å²) in [6.07, 6.45) is 3.39. The number of aryl methyl sites for hydroxylation is 1. The fourth-order valence-electron chi connectivity index (χ4n) is 2.02. The van der Waals surface area contributed by atoms with Gasteiger partial charge in [0.05, 0.1) is 0 Å². The molecule has 0 atom stereocenters. The molecule has 3 nitrogen and oxygen atoms in total. The maximum Gasteiger partial charge on any atom is 0.188 e. The summed E-state index contributed by atoms with van der Waals surface area (Å²) in [6.45, 7) is 6.30. The van der Waals surface area contributed by atoms with Gasteiger partial charge in [-0.05, 0) is 42.9 Å². The third kappa shape index (κ3) is 4.33. The summed E-state index contributed by atoms with van der Waals surface area (Å²) in [5, 5.41) is 0. The van der Waals surface area contributed by atoms with Crippen LogP contribution in [0.4, 0.5) is 0 Å². The van der Waals surface area contributed by atoms with Crippen LogP contribution in [-0.4, -0.2) is 20.6 Å². The number of sulfone groups is 1. The molecule has 0 aliphatic rings. The predicted molar refractivity (Wildman–Crippen MR) is 74.8 cm³/mol. The molecule has 0 heterocycles. The lowest BCUT2D eigenvalue weighted by atomic mass is 9.93. The third-order valence-electron chi connectivity index (χ3n) is 3.08. The van der Waals surface area contributed by atoms with Crippen LogP contribution in [0, 0.1) is 6.92 Å². The average molecular weight is 270 g/mol. The second-order valence-electron chi connectivity index (χ2n) is 4.73. The van der Waals surface area contributed by atoms with E-state index in [9.17, 15) is 8.42 Å². The fraction of sp³-hybridized carbons (Fsp3) is 0.571. The van der Waals surface area contributed by atoms with Crippen LogP contribution in [0.3, 0.4) is 0 Å². The Labute approximate surface area is 110 Å². The van der Waals surface area contributed by atoms with Crippen molar-refractivity contribution >= 4 is 9.84 Å². The van der Waals surface area contributed by atoms with Crippen molar-refractivity contribution in [1.82, 2.24) is 0 Å². The highest BCUT2D eigenvalue weighted by molar-refractivity contribution is 7.90. The Morgan fingerprint density at radius 1 is 1.22 bits per heavy atom. The molecular weight excluding hydrogens is 248 g/mol. The Kier molecular flexibility index (Phi) is 5.20. The van der Waals surface area contributed by atoms with Gasteiger partial charge in [0.1, 0.15) is 5.75 Å². The van der Waals surface area contributed by atoms with Crippen molar-refractivity contribution in [2.24, 2.45) is 0 Å². The molecule has 1 rings (SSSR count). The summed E-state index contributed by atoms with van der Waals surface area (Å²) in [7, 11) is -3.10. The zero-order valence-corrected chi connectivity index (χ0v) is 12.4. The first-order chi connectivity index (χ1) is 8.37. The van der Waals surface area contributed by atoms with Gasteiger partial charge in [-0.3, -0.25) is 0 Å². The van der Waals surface area contributed by atoms with Crippen molar-refractivity contribution in [2.75, 3.05) is 12.2 Å². The summed E-state index contributed by atoms with van der Waals surface area (Å²) in [5.41, 5.74) is 2.28. The fourth-order valence-corrected chi connectivity index (χ4v) is 2.36. The van der Waals surface area contributed by atoms with Crippen LogP contribution in [-0.2, 0) is 9.84 Å². The molecule has 18 heavy (non-hydrogen) atoms. The Morgan fingerprint density at radius 2 is 1.83 bits per heavy atom. The molecule has 0 bridgehead atoms. The molecule has 0 amide bonds. The van der Waals surface area contributed by atoms with Crippen LogP contribution in [0.5, 0.6) is 5.75 Å². The normalized spacial score (nSPS) is 11.8. The maximum absolute atomic E-state index is 11.1. The van der Waals surface area contributed by atoms with Crippen molar-refractivity contribution in [3.05, 3.63) is 29.3 Å². The van der Waals surface area contributed by atoms with E-state index in [4.69, 9.17) is 4.74 Å². The van der Waals surface area contributed by atoms with E-state index in [-0.39, 0.29) is 5.94 Å². The highest BCUT2D eigenvalue weighted by Gasteiger charge is 2.10. The van der Waals surface area contributed by atoms with Crippen molar-refractivity contribution in [1.29, 1.82) is 0 Å². The highest BCUT2D eigenvalue weighted by atomic mass is 32.2. The second kappa shape index (κ2) is 6.23. The van der Waals surface area contributed by atoms with Crippen LogP contribution < -0.4 is 4.74 Å². The van der Waals surface area contributed by atoms with E-state index in [0.717, 1.165) is 18.4 Å². The van der Waals surface area contributed by atoms with E-state index < -0.39 is 9.84 Å². The van der Waals surface area contributed by atoms with Gasteiger partial charge in [0.2, 0.25) is 0 Å². The number of hydrogen-bond donors (Lipinski definition) is 0. The molecule has 0 saturated heterocycles. The molecule has 0 aromatic heterocycles. The molecule has 1 aromatic rings. The lowest BCUT2D eigenvalue weighted by Crippen LogP contribution is -2.10. The Hall–Kier alpha value is -1.03. The number of benzene rings is 1. The standard InChI is InChI=1S/C14H22O3S/c1-5-12(6-2)13-7-8-14(11(3)9-13)17-10-18(4,15)16/h7-9,12H,5-6,10H2,1-4H3. The molecule has 0 N–H and O–H groups in total. The van der Waals surface area contributed by atoms with Gasteiger partial charge in [0.25, 0.3) is 0 Å². The molecule has 102 valence electrons. The van der Waals surface area contributed by atoms with E-state index in [0.29, 0.717) is 11.7 Å². The third-order valence-corrected chi connectivity index (χ3v) is 3.63. The van der Waals surface area contributed by atoms with E-state index >= 15 is 0 Å². The summed E-state index contributed by atoms with van der Waals surface area (Å²) in [4.78, 5) is 0. The lowest BCUT2D eigenvalue weighted by Gasteiger charge is -2.15. The highest BCUT2D eigenvalue weighted by Crippen LogP contribution is 2.27. The van der Waals surface area contributed by atoms with Gasteiger partial charge in [-0.1, -0.05) is 26.0 Å². The maximum atomic E-state index is 11.1. The van der Waals surface area contributed by atoms with Gasteiger partial charge >= 0.3 is 0 Å². The first-order valence-corrected chi connectivity index (χ1v) is 8.34. The zero-order chi connectivity index (χ0) is 13.8. The monoisotopic (exact) mass is 270 g/mol. The summed E-state index contributed by atoms with van der Waals surface area (Å²) < 4.78 is 27.4. The van der Waals surface area contributed by atoms with Crippen molar-refractivity contribution < 1.29 is 13.2 Å². The van der Waals surface area contributed by atoms with Gasteiger partial charge in [-0.2, -0.15) is 0 Å². The van der Waals surface area contributed by atoms with Crippen LogP contribution in [0.1, 0.15) is 43.7 Å². The second-order valence-corrected chi connectivity index (χ2v) is 6.81. The molecule has 0 unspecified atom stereocenters. The number of rotatable bonds is 6. The van der Waals surface area contributed by atoms with Crippen LogP contribution in [0.15, 0.2) is 18.2 Å². The van der Waals surface area contributed by atoms with Gasteiger partial charge in [-0.15, -0.1) is 0 Å². The zero-order valence-electron chi connectivity index (χ0n) is 11.6. The Bertz CT molecular complexity index is 488. The average Bonchev–Trinajstić information content (AvgIpc) is 2.28. The van der Waals surface area contributed by atoms with E-state index in [1.165, 1.54) is 11.8 Å². The minimum Gasteiger partial charge on any atom is -0.478 e. The van der Waals surface area contributed by atoms with Crippen molar-refractivity contribution in [3.63, 3.8) is 0 Å². The van der Waals surface area contributed by atoms with E-state index in [1.807, 2.05) is 19.1 Å². The summed E-state index contributed by atoms with van der Waals surface area (Å²) in [6, 6.07) is 5.99.